The molecular formula is C11H17F2N3O. The highest BCUT2D eigenvalue weighted by Crippen LogP contribution is 2.43. The SMILES string of the molecule is CC(C)(N)Cc1nc(C2CCC(F)(F)C2)no1. The Hall–Kier alpha value is -1.04. The monoisotopic (exact) mass is 245 g/mol. The molecule has 4 nitrogen and oxygen atoms in total. The molecule has 0 amide bonds. The van der Waals surface area contributed by atoms with Crippen molar-refractivity contribution >= 4 is 0 Å². The van der Waals surface area contributed by atoms with E-state index in [0.29, 0.717) is 24.6 Å². The third-order valence-electron chi connectivity index (χ3n) is 2.86. The van der Waals surface area contributed by atoms with Gasteiger partial charge in [0.15, 0.2) is 5.82 Å². The van der Waals surface area contributed by atoms with Gasteiger partial charge in [0.25, 0.3) is 0 Å². The molecule has 1 unspecified atom stereocenters. The van der Waals surface area contributed by atoms with Crippen molar-refractivity contribution in [3.05, 3.63) is 11.7 Å². The van der Waals surface area contributed by atoms with E-state index in [1.54, 1.807) is 0 Å². The van der Waals surface area contributed by atoms with E-state index in [1.165, 1.54) is 0 Å². The van der Waals surface area contributed by atoms with Crippen LogP contribution in [0.1, 0.15) is 50.7 Å². The maximum Gasteiger partial charge on any atom is 0.248 e. The summed E-state index contributed by atoms with van der Waals surface area (Å²) in [5.41, 5.74) is 5.38. The van der Waals surface area contributed by atoms with Gasteiger partial charge < -0.3 is 10.3 Å². The Balaban J connectivity index is 2.04. The summed E-state index contributed by atoms with van der Waals surface area (Å²) in [7, 11) is 0. The average Bonchev–Trinajstić information content (AvgIpc) is 2.69. The molecule has 0 spiro atoms. The van der Waals surface area contributed by atoms with Crippen LogP contribution >= 0.6 is 0 Å². The lowest BCUT2D eigenvalue weighted by atomic mass is 10.0. The first-order valence-corrected chi connectivity index (χ1v) is 5.74. The Morgan fingerprint density at radius 1 is 1.53 bits per heavy atom. The number of hydrogen-bond donors (Lipinski definition) is 1. The predicted octanol–water partition coefficient (Wildman–Crippen LogP) is 2.25. The summed E-state index contributed by atoms with van der Waals surface area (Å²) >= 11 is 0. The zero-order chi connectivity index (χ0) is 12.7. The third-order valence-corrected chi connectivity index (χ3v) is 2.86. The normalized spacial score (nSPS) is 24.2. The van der Waals surface area contributed by atoms with Gasteiger partial charge in [-0.1, -0.05) is 5.16 Å². The van der Waals surface area contributed by atoms with Gasteiger partial charge in [-0.15, -0.1) is 0 Å². The third kappa shape index (κ3) is 3.21. The fraction of sp³-hybridized carbons (Fsp3) is 0.818. The summed E-state index contributed by atoms with van der Waals surface area (Å²) in [6.07, 6.45) is 0.586. The summed E-state index contributed by atoms with van der Waals surface area (Å²) in [5, 5.41) is 3.77. The summed E-state index contributed by atoms with van der Waals surface area (Å²) in [4.78, 5) is 4.15. The highest BCUT2D eigenvalue weighted by molar-refractivity contribution is 5.03. The van der Waals surface area contributed by atoms with Gasteiger partial charge >= 0.3 is 0 Å². The van der Waals surface area contributed by atoms with E-state index in [1.807, 2.05) is 13.8 Å². The first-order chi connectivity index (χ1) is 7.75. The van der Waals surface area contributed by atoms with Gasteiger partial charge in [0.1, 0.15) is 0 Å². The number of nitrogens with two attached hydrogens (primary N) is 1. The van der Waals surface area contributed by atoms with Gasteiger partial charge in [-0.05, 0) is 20.3 Å². The Morgan fingerprint density at radius 3 is 2.76 bits per heavy atom. The molecule has 1 saturated carbocycles. The number of rotatable bonds is 3. The largest absolute Gasteiger partial charge is 0.339 e. The first kappa shape index (κ1) is 12.4. The van der Waals surface area contributed by atoms with Crippen LogP contribution in [0.5, 0.6) is 0 Å². The second kappa shape index (κ2) is 4.01. The Bertz CT molecular complexity index is 398. The number of nitrogens with zero attached hydrogens (tertiary/aromatic N) is 2. The molecule has 2 N–H and O–H groups in total. The number of aromatic nitrogens is 2. The molecule has 96 valence electrons. The van der Waals surface area contributed by atoms with Gasteiger partial charge in [0, 0.05) is 30.7 Å². The predicted molar refractivity (Wildman–Crippen MR) is 57.8 cm³/mol. The van der Waals surface area contributed by atoms with Crippen molar-refractivity contribution in [2.24, 2.45) is 5.73 Å². The minimum Gasteiger partial charge on any atom is -0.339 e. The van der Waals surface area contributed by atoms with E-state index in [0.717, 1.165) is 0 Å². The Labute approximate surface area is 98.6 Å². The Morgan fingerprint density at radius 2 is 2.24 bits per heavy atom. The van der Waals surface area contributed by atoms with Crippen LogP contribution in [-0.2, 0) is 6.42 Å². The average molecular weight is 245 g/mol. The van der Waals surface area contributed by atoms with Crippen molar-refractivity contribution in [1.29, 1.82) is 0 Å². The molecule has 2 rings (SSSR count). The van der Waals surface area contributed by atoms with E-state index in [9.17, 15) is 8.78 Å². The van der Waals surface area contributed by atoms with E-state index in [4.69, 9.17) is 10.3 Å². The first-order valence-electron chi connectivity index (χ1n) is 5.74. The van der Waals surface area contributed by atoms with Crippen LogP contribution in [0, 0.1) is 0 Å². The molecule has 1 aromatic heterocycles. The van der Waals surface area contributed by atoms with Gasteiger partial charge in [0.2, 0.25) is 11.8 Å². The summed E-state index contributed by atoms with van der Waals surface area (Å²) in [5.74, 6) is -2.06. The molecule has 0 bridgehead atoms. The highest BCUT2D eigenvalue weighted by atomic mass is 19.3. The fourth-order valence-corrected chi connectivity index (χ4v) is 2.07. The summed E-state index contributed by atoms with van der Waals surface area (Å²) in [6, 6.07) is 0. The molecule has 1 aromatic rings. The molecule has 0 aliphatic heterocycles. The molecule has 0 radical (unpaired) electrons. The van der Waals surface area contributed by atoms with Crippen molar-refractivity contribution in [3.63, 3.8) is 0 Å². The van der Waals surface area contributed by atoms with E-state index in [-0.39, 0.29) is 18.8 Å². The topological polar surface area (TPSA) is 64.9 Å². The van der Waals surface area contributed by atoms with Crippen molar-refractivity contribution in [2.75, 3.05) is 0 Å². The smallest absolute Gasteiger partial charge is 0.248 e. The fourth-order valence-electron chi connectivity index (χ4n) is 2.07. The van der Waals surface area contributed by atoms with E-state index >= 15 is 0 Å². The van der Waals surface area contributed by atoms with Crippen molar-refractivity contribution < 1.29 is 13.3 Å². The zero-order valence-corrected chi connectivity index (χ0v) is 10.0. The summed E-state index contributed by atoms with van der Waals surface area (Å²) in [6.45, 7) is 3.70. The van der Waals surface area contributed by atoms with Crippen molar-refractivity contribution in [1.82, 2.24) is 10.1 Å². The molecule has 1 heterocycles. The minimum absolute atomic E-state index is 0.0933. The highest BCUT2D eigenvalue weighted by Gasteiger charge is 2.41. The van der Waals surface area contributed by atoms with Gasteiger partial charge in [-0.25, -0.2) is 8.78 Å². The molecule has 1 atom stereocenters. The van der Waals surface area contributed by atoms with Crippen LogP contribution in [0.2, 0.25) is 0 Å². The van der Waals surface area contributed by atoms with Crippen molar-refractivity contribution in [2.45, 2.75) is 56.9 Å². The number of halogens is 2. The lowest BCUT2D eigenvalue weighted by molar-refractivity contribution is 0.00749. The van der Waals surface area contributed by atoms with Gasteiger partial charge in [-0.2, -0.15) is 4.98 Å². The van der Waals surface area contributed by atoms with Gasteiger partial charge in [0.05, 0.1) is 0 Å². The van der Waals surface area contributed by atoms with Crippen LogP contribution in [0.25, 0.3) is 0 Å². The van der Waals surface area contributed by atoms with Gasteiger partial charge in [-0.3, -0.25) is 0 Å². The quantitative estimate of drug-likeness (QED) is 0.887. The van der Waals surface area contributed by atoms with Crippen LogP contribution in [-0.4, -0.2) is 21.6 Å². The van der Waals surface area contributed by atoms with Crippen LogP contribution in [0.4, 0.5) is 8.78 Å². The molecule has 1 fully saturated rings. The van der Waals surface area contributed by atoms with E-state index < -0.39 is 11.5 Å². The zero-order valence-electron chi connectivity index (χ0n) is 10.0. The molecule has 0 aromatic carbocycles. The summed E-state index contributed by atoms with van der Waals surface area (Å²) < 4.78 is 31.1. The molecule has 6 heteroatoms. The Kier molecular flexibility index (Phi) is 2.93. The second-order valence-electron chi connectivity index (χ2n) is 5.51. The van der Waals surface area contributed by atoms with E-state index in [2.05, 4.69) is 10.1 Å². The maximum atomic E-state index is 13.1. The number of hydrogen-bond acceptors (Lipinski definition) is 4. The van der Waals surface area contributed by atoms with Crippen LogP contribution in [0.15, 0.2) is 4.52 Å². The minimum atomic E-state index is -2.58. The molecular weight excluding hydrogens is 228 g/mol. The molecule has 0 saturated heterocycles. The lowest BCUT2D eigenvalue weighted by Gasteiger charge is -2.14. The number of alkyl halides is 2. The standard InChI is InChI=1S/C11H17F2N3O/c1-10(2,14)6-8-15-9(16-17-8)7-3-4-11(12,13)5-7/h7H,3-6,14H2,1-2H3. The molecule has 17 heavy (non-hydrogen) atoms. The molecule has 1 aliphatic rings. The second-order valence-corrected chi connectivity index (χ2v) is 5.51. The van der Waals surface area contributed by atoms with Crippen molar-refractivity contribution in [3.8, 4) is 0 Å². The lowest BCUT2D eigenvalue weighted by Crippen LogP contribution is -2.34. The van der Waals surface area contributed by atoms with Crippen LogP contribution in [0.3, 0.4) is 0 Å². The maximum absolute atomic E-state index is 13.1. The molecule has 1 aliphatic carbocycles. The van der Waals surface area contributed by atoms with Crippen LogP contribution < -0.4 is 5.73 Å².